The molecular weight excluding hydrogens is 312 g/mol. The van der Waals surface area contributed by atoms with E-state index in [9.17, 15) is 9.59 Å². The second-order valence-electron chi connectivity index (χ2n) is 7.14. The lowest BCUT2D eigenvalue weighted by molar-refractivity contribution is -0.134. The molecule has 2 aliphatic rings. The Morgan fingerprint density at radius 1 is 1.04 bits per heavy atom. The van der Waals surface area contributed by atoms with Gasteiger partial charge in [0.2, 0.25) is 11.8 Å². The summed E-state index contributed by atoms with van der Waals surface area (Å²) < 4.78 is 0. The SMILES string of the molecule is CC1Cc2ccccc2N1C(=O)C1(C(=O)N(C)c2ccccc2)CC1. The van der Waals surface area contributed by atoms with E-state index >= 15 is 0 Å². The van der Waals surface area contributed by atoms with E-state index in [1.807, 2.05) is 53.4 Å². The molecule has 1 atom stereocenters. The van der Waals surface area contributed by atoms with E-state index in [1.54, 1.807) is 11.9 Å². The van der Waals surface area contributed by atoms with Gasteiger partial charge in [-0.15, -0.1) is 0 Å². The predicted molar refractivity (Wildman–Crippen MR) is 98.6 cm³/mol. The summed E-state index contributed by atoms with van der Waals surface area (Å²) in [5, 5.41) is 0. The number of amides is 2. The van der Waals surface area contributed by atoms with Crippen LogP contribution in [0, 0.1) is 5.41 Å². The molecule has 0 radical (unpaired) electrons. The minimum atomic E-state index is -0.893. The van der Waals surface area contributed by atoms with Crippen LogP contribution in [-0.2, 0) is 16.0 Å². The topological polar surface area (TPSA) is 40.6 Å². The smallest absolute Gasteiger partial charge is 0.242 e. The minimum absolute atomic E-state index is 0.0438. The first-order chi connectivity index (χ1) is 12.0. The van der Waals surface area contributed by atoms with Crippen molar-refractivity contribution in [1.82, 2.24) is 0 Å². The van der Waals surface area contributed by atoms with Crippen molar-refractivity contribution < 1.29 is 9.59 Å². The summed E-state index contributed by atoms with van der Waals surface area (Å²) in [4.78, 5) is 30.0. The van der Waals surface area contributed by atoms with E-state index in [2.05, 4.69) is 13.0 Å². The Labute approximate surface area is 148 Å². The molecule has 1 aliphatic carbocycles. The van der Waals surface area contributed by atoms with Gasteiger partial charge in [0.25, 0.3) is 0 Å². The first-order valence-electron chi connectivity index (χ1n) is 8.79. The van der Waals surface area contributed by atoms with Gasteiger partial charge in [-0.05, 0) is 49.9 Å². The summed E-state index contributed by atoms with van der Waals surface area (Å²) in [6, 6.07) is 17.6. The zero-order valence-corrected chi connectivity index (χ0v) is 14.6. The normalized spacial score (nSPS) is 20.1. The molecule has 25 heavy (non-hydrogen) atoms. The van der Waals surface area contributed by atoms with Crippen LogP contribution in [-0.4, -0.2) is 24.9 Å². The third-order valence-corrected chi connectivity index (χ3v) is 5.44. The maximum Gasteiger partial charge on any atom is 0.242 e. The third-order valence-electron chi connectivity index (χ3n) is 5.44. The summed E-state index contributed by atoms with van der Waals surface area (Å²) >= 11 is 0. The second-order valence-corrected chi connectivity index (χ2v) is 7.14. The number of benzene rings is 2. The molecule has 0 saturated heterocycles. The standard InChI is InChI=1S/C21H22N2O2/c1-15-14-16-8-6-7-11-18(16)23(15)20(25)21(12-13-21)19(24)22(2)17-9-4-3-5-10-17/h3-11,15H,12-14H2,1-2H3. The fourth-order valence-corrected chi connectivity index (χ4v) is 3.84. The van der Waals surface area contributed by atoms with Gasteiger partial charge in [-0.25, -0.2) is 0 Å². The Kier molecular flexibility index (Phi) is 3.64. The molecule has 1 aliphatic heterocycles. The van der Waals surface area contributed by atoms with E-state index in [4.69, 9.17) is 0 Å². The van der Waals surface area contributed by atoms with Crippen molar-refractivity contribution in [2.75, 3.05) is 16.8 Å². The number of nitrogens with zero attached hydrogens (tertiary/aromatic N) is 2. The largest absolute Gasteiger partial charge is 0.315 e. The van der Waals surface area contributed by atoms with Crippen molar-refractivity contribution in [3.05, 3.63) is 60.2 Å². The number of para-hydroxylation sites is 2. The van der Waals surface area contributed by atoms with E-state index in [0.29, 0.717) is 12.8 Å². The molecule has 2 aromatic carbocycles. The van der Waals surface area contributed by atoms with Crippen LogP contribution < -0.4 is 9.80 Å². The number of carbonyl (C=O) groups is 2. The lowest BCUT2D eigenvalue weighted by Gasteiger charge is -2.29. The van der Waals surface area contributed by atoms with Crippen LogP contribution in [0.1, 0.15) is 25.3 Å². The molecule has 2 aromatic rings. The Morgan fingerprint density at radius 3 is 2.36 bits per heavy atom. The molecule has 0 aromatic heterocycles. The Morgan fingerprint density at radius 2 is 1.68 bits per heavy atom. The highest BCUT2D eigenvalue weighted by Gasteiger charge is 2.60. The van der Waals surface area contributed by atoms with Crippen molar-refractivity contribution in [2.24, 2.45) is 5.41 Å². The quantitative estimate of drug-likeness (QED) is 0.807. The Hall–Kier alpha value is -2.62. The fourth-order valence-electron chi connectivity index (χ4n) is 3.84. The van der Waals surface area contributed by atoms with E-state index in [1.165, 1.54) is 5.56 Å². The van der Waals surface area contributed by atoms with Gasteiger partial charge in [-0.3, -0.25) is 9.59 Å². The van der Waals surface area contributed by atoms with Gasteiger partial charge >= 0.3 is 0 Å². The van der Waals surface area contributed by atoms with Crippen LogP contribution in [0.3, 0.4) is 0 Å². The highest BCUT2D eigenvalue weighted by molar-refractivity contribution is 6.18. The molecule has 2 amide bonds. The average molecular weight is 334 g/mol. The zero-order valence-electron chi connectivity index (χ0n) is 14.6. The number of rotatable bonds is 3. The Balaban J connectivity index is 1.63. The molecule has 1 unspecified atom stereocenters. The lowest BCUT2D eigenvalue weighted by atomic mass is 10.0. The molecule has 0 spiro atoms. The van der Waals surface area contributed by atoms with Gasteiger partial charge in [0.05, 0.1) is 0 Å². The summed E-state index contributed by atoms with van der Waals surface area (Å²) in [6.07, 6.45) is 2.11. The van der Waals surface area contributed by atoms with Gasteiger partial charge in [-0.1, -0.05) is 36.4 Å². The third kappa shape index (κ3) is 2.44. The predicted octanol–water partition coefficient (Wildman–Crippen LogP) is 3.41. The zero-order chi connectivity index (χ0) is 17.6. The summed E-state index contributed by atoms with van der Waals surface area (Å²) in [5.41, 5.74) is 2.07. The molecule has 4 rings (SSSR count). The minimum Gasteiger partial charge on any atom is -0.315 e. The van der Waals surface area contributed by atoms with Gasteiger partial charge in [0.1, 0.15) is 5.41 Å². The molecular formula is C21H22N2O2. The van der Waals surface area contributed by atoms with Crippen molar-refractivity contribution in [3.63, 3.8) is 0 Å². The van der Waals surface area contributed by atoms with Crippen LogP contribution in [0.4, 0.5) is 11.4 Å². The second kappa shape index (κ2) is 5.73. The van der Waals surface area contributed by atoms with Crippen LogP contribution in [0.15, 0.2) is 54.6 Å². The number of anilines is 2. The number of hydrogen-bond donors (Lipinski definition) is 0. The van der Waals surface area contributed by atoms with Crippen molar-refractivity contribution in [2.45, 2.75) is 32.2 Å². The van der Waals surface area contributed by atoms with Crippen LogP contribution in [0.25, 0.3) is 0 Å². The van der Waals surface area contributed by atoms with Gasteiger partial charge in [0.15, 0.2) is 0 Å². The highest BCUT2D eigenvalue weighted by atomic mass is 16.2. The molecule has 128 valence electrons. The van der Waals surface area contributed by atoms with Crippen molar-refractivity contribution in [1.29, 1.82) is 0 Å². The molecule has 1 fully saturated rings. The first-order valence-corrected chi connectivity index (χ1v) is 8.79. The fraction of sp³-hybridized carbons (Fsp3) is 0.333. The van der Waals surface area contributed by atoms with Crippen LogP contribution >= 0.6 is 0 Å². The molecule has 4 heteroatoms. The van der Waals surface area contributed by atoms with Gasteiger partial charge < -0.3 is 9.80 Å². The molecule has 1 heterocycles. The maximum atomic E-state index is 13.4. The molecule has 0 N–H and O–H groups in total. The molecule has 4 nitrogen and oxygen atoms in total. The first kappa shape index (κ1) is 15.9. The summed E-state index contributed by atoms with van der Waals surface area (Å²) in [6.45, 7) is 2.05. The Bertz CT molecular complexity index is 827. The monoisotopic (exact) mass is 334 g/mol. The average Bonchev–Trinajstić information content (AvgIpc) is 3.38. The maximum absolute atomic E-state index is 13.4. The van der Waals surface area contributed by atoms with Crippen LogP contribution in [0.5, 0.6) is 0 Å². The molecule has 1 saturated carbocycles. The summed E-state index contributed by atoms with van der Waals surface area (Å²) in [7, 11) is 1.76. The van der Waals surface area contributed by atoms with Crippen molar-refractivity contribution >= 4 is 23.2 Å². The highest BCUT2D eigenvalue weighted by Crippen LogP contribution is 2.51. The number of hydrogen-bond acceptors (Lipinski definition) is 2. The van der Waals surface area contributed by atoms with E-state index in [-0.39, 0.29) is 17.9 Å². The number of carbonyl (C=O) groups excluding carboxylic acids is 2. The van der Waals surface area contributed by atoms with Crippen LogP contribution in [0.2, 0.25) is 0 Å². The van der Waals surface area contributed by atoms with E-state index in [0.717, 1.165) is 17.8 Å². The lowest BCUT2D eigenvalue weighted by Crippen LogP contribution is -2.48. The van der Waals surface area contributed by atoms with Gasteiger partial charge in [-0.2, -0.15) is 0 Å². The number of fused-ring (bicyclic) bond motifs is 1. The summed E-state index contributed by atoms with van der Waals surface area (Å²) in [5.74, 6) is -0.141. The van der Waals surface area contributed by atoms with Crippen molar-refractivity contribution in [3.8, 4) is 0 Å². The van der Waals surface area contributed by atoms with E-state index < -0.39 is 5.41 Å². The van der Waals surface area contributed by atoms with Gasteiger partial charge in [0, 0.05) is 24.5 Å². The molecule has 0 bridgehead atoms.